The number of allylic oxidation sites excluding steroid dienone is 10. The molecule has 0 saturated heterocycles. The quantitative estimate of drug-likeness (QED) is 0.196. The Morgan fingerprint density at radius 1 is 0.745 bits per heavy atom. The molecule has 1 heterocycles. The van der Waals surface area contributed by atoms with Crippen LogP contribution in [0.15, 0.2) is 122 Å². The number of hydrogen-bond acceptors (Lipinski definition) is 5. The highest BCUT2D eigenvalue weighted by molar-refractivity contribution is 7.86. The fourth-order valence-electron chi connectivity index (χ4n) is 8.50. The van der Waals surface area contributed by atoms with Crippen molar-refractivity contribution in [2.45, 2.75) is 74.5 Å². The standard InChI is InChI=1S/C41H40ClNO6S2/c1-24-31-16-10-27-22-29(50(44,45)46)14-17-32(27)37(31)40(2,3)34(24)19-11-25-8-7-9-26(39(25)42)13-21-36-41(4,5)38-33-18-15-30(51(47,48)49)23-28(33)12-20-35(38)43(36)6/h10-23H,7-9H2,1-6H3,(H,44,45,46)(H,47,48,49)/b19-11+,26-13?,36-21+. The average molecular weight is 742 g/mol. The van der Waals surface area contributed by atoms with Gasteiger partial charge in [0, 0.05) is 34.3 Å². The Hall–Kier alpha value is -3.99. The van der Waals surface area contributed by atoms with Gasteiger partial charge in [-0.05, 0) is 123 Å². The molecule has 4 aromatic carbocycles. The summed E-state index contributed by atoms with van der Waals surface area (Å²) >= 11 is 7.13. The van der Waals surface area contributed by atoms with Crippen molar-refractivity contribution in [1.82, 2.24) is 0 Å². The van der Waals surface area contributed by atoms with Gasteiger partial charge in [-0.2, -0.15) is 16.8 Å². The molecule has 0 aromatic heterocycles. The third-order valence-electron chi connectivity index (χ3n) is 11.0. The maximum Gasteiger partial charge on any atom is 0.294 e. The van der Waals surface area contributed by atoms with Crippen molar-refractivity contribution in [2.24, 2.45) is 0 Å². The van der Waals surface area contributed by atoms with E-state index in [1.807, 2.05) is 31.3 Å². The molecule has 0 unspecified atom stereocenters. The van der Waals surface area contributed by atoms with Gasteiger partial charge in [-0.3, -0.25) is 9.11 Å². The zero-order valence-corrected chi connectivity index (χ0v) is 31.8. The molecule has 2 aliphatic carbocycles. The van der Waals surface area contributed by atoms with Crippen molar-refractivity contribution in [3.05, 3.63) is 129 Å². The third kappa shape index (κ3) is 5.79. The predicted molar refractivity (Wildman–Crippen MR) is 207 cm³/mol. The summed E-state index contributed by atoms with van der Waals surface area (Å²) in [4.78, 5) is 1.93. The van der Waals surface area contributed by atoms with Crippen LogP contribution in [0.2, 0.25) is 0 Å². The highest BCUT2D eigenvalue weighted by atomic mass is 35.5. The van der Waals surface area contributed by atoms with Crippen LogP contribution >= 0.6 is 11.6 Å². The van der Waals surface area contributed by atoms with E-state index in [4.69, 9.17) is 11.6 Å². The number of anilines is 1. The van der Waals surface area contributed by atoms with E-state index in [1.165, 1.54) is 29.8 Å². The number of fused-ring (bicyclic) bond motifs is 6. The van der Waals surface area contributed by atoms with Crippen molar-refractivity contribution in [2.75, 3.05) is 11.9 Å². The van der Waals surface area contributed by atoms with Crippen LogP contribution in [0.3, 0.4) is 0 Å². The second kappa shape index (κ2) is 12.0. The maximum atomic E-state index is 11.8. The van der Waals surface area contributed by atoms with Crippen LogP contribution in [0.1, 0.15) is 70.6 Å². The molecule has 0 fully saturated rings. The first-order valence-corrected chi connectivity index (χ1v) is 20.1. The van der Waals surface area contributed by atoms with Crippen molar-refractivity contribution >= 4 is 64.6 Å². The Morgan fingerprint density at radius 2 is 1.33 bits per heavy atom. The van der Waals surface area contributed by atoms with Gasteiger partial charge in [-0.15, -0.1) is 0 Å². The van der Waals surface area contributed by atoms with Gasteiger partial charge in [-0.1, -0.05) is 87.9 Å². The Kier molecular flexibility index (Phi) is 8.36. The molecule has 7 nitrogen and oxygen atoms in total. The van der Waals surface area contributed by atoms with E-state index < -0.39 is 20.2 Å². The third-order valence-corrected chi connectivity index (χ3v) is 13.2. The van der Waals surface area contributed by atoms with Crippen LogP contribution in [0.5, 0.6) is 0 Å². The lowest BCUT2D eigenvalue weighted by atomic mass is 9.78. The Labute approximate surface area is 304 Å². The SMILES string of the molecule is CC1=C(/C=C/C2=C(Cl)C(=C/C=C3/N(C)c4ccc5cc(S(=O)(=O)O)ccc5c4C3(C)C)CCC2)C(C)(C)c2c1ccc1cc(S(=O)(=O)O)ccc21. The van der Waals surface area contributed by atoms with E-state index in [2.05, 4.69) is 63.8 Å². The van der Waals surface area contributed by atoms with Crippen molar-refractivity contribution < 1.29 is 25.9 Å². The summed E-state index contributed by atoms with van der Waals surface area (Å²) in [5.41, 5.74) is 9.21. The summed E-state index contributed by atoms with van der Waals surface area (Å²) in [6, 6.07) is 17.3. The number of rotatable bonds is 5. The minimum Gasteiger partial charge on any atom is -0.347 e. The van der Waals surface area contributed by atoms with Gasteiger partial charge in [0.2, 0.25) is 0 Å². The molecule has 264 valence electrons. The number of benzene rings is 4. The second-order valence-electron chi connectivity index (χ2n) is 14.8. The summed E-state index contributed by atoms with van der Waals surface area (Å²) in [5.74, 6) is 0. The van der Waals surface area contributed by atoms with Crippen LogP contribution < -0.4 is 4.90 Å². The minimum atomic E-state index is -4.31. The molecule has 2 N–H and O–H groups in total. The van der Waals surface area contributed by atoms with Crippen molar-refractivity contribution in [3.8, 4) is 0 Å². The zero-order valence-electron chi connectivity index (χ0n) is 29.4. The predicted octanol–water partition coefficient (Wildman–Crippen LogP) is 10.0. The molecule has 51 heavy (non-hydrogen) atoms. The topological polar surface area (TPSA) is 112 Å². The van der Waals surface area contributed by atoms with Crippen LogP contribution in [0, 0.1) is 0 Å². The number of hydrogen-bond donors (Lipinski definition) is 2. The van der Waals surface area contributed by atoms with Crippen LogP contribution in [-0.2, 0) is 31.1 Å². The summed E-state index contributed by atoms with van der Waals surface area (Å²) in [6.45, 7) is 10.8. The van der Waals surface area contributed by atoms with E-state index in [9.17, 15) is 25.9 Å². The van der Waals surface area contributed by atoms with E-state index in [0.29, 0.717) is 0 Å². The largest absolute Gasteiger partial charge is 0.347 e. The minimum absolute atomic E-state index is 0.119. The van der Waals surface area contributed by atoms with Gasteiger partial charge >= 0.3 is 0 Å². The molecule has 4 aromatic rings. The van der Waals surface area contributed by atoms with Gasteiger partial charge < -0.3 is 4.90 Å². The van der Waals surface area contributed by atoms with Crippen LogP contribution in [0.25, 0.3) is 27.1 Å². The van der Waals surface area contributed by atoms with Crippen molar-refractivity contribution in [3.63, 3.8) is 0 Å². The van der Waals surface area contributed by atoms with E-state index in [1.54, 1.807) is 12.1 Å². The van der Waals surface area contributed by atoms with Gasteiger partial charge in [0.1, 0.15) is 0 Å². The number of likely N-dealkylation sites (N-methyl/N-ethyl adjacent to an activating group) is 1. The van der Waals surface area contributed by atoms with E-state index in [-0.39, 0.29) is 20.6 Å². The highest BCUT2D eigenvalue weighted by Crippen LogP contribution is 2.52. The van der Waals surface area contributed by atoms with Crippen molar-refractivity contribution in [1.29, 1.82) is 0 Å². The van der Waals surface area contributed by atoms with Gasteiger partial charge in [-0.25, -0.2) is 0 Å². The molecule has 3 aliphatic rings. The van der Waals surface area contributed by atoms with Crippen LogP contribution in [-0.4, -0.2) is 33.0 Å². The molecule has 10 heteroatoms. The lowest BCUT2D eigenvalue weighted by molar-refractivity contribution is 0.481. The normalized spacial score (nSPS) is 20.5. The monoisotopic (exact) mass is 741 g/mol. The molecular formula is C41H40ClNO6S2. The average Bonchev–Trinajstić information content (AvgIpc) is 3.38. The lowest BCUT2D eigenvalue weighted by Crippen LogP contribution is -2.22. The highest BCUT2D eigenvalue weighted by Gasteiger charge is 2.40. The summed E-state index contributed by atoms with van der Waals surface area (Å²) in [5, 5.41) is 4.16. The van der Waals surface area contributed by atoms with E-state index >= 15 is 0 Å². The smallest absolute Gasteiger partial charge is 0.294 e. The Balaban J connectivity index is 1.21. The molecular weight excluding hydrogens is 702 g/mol. The summed E-state index contributed by atoms with van der Waals surface area (Å²) in [6.07, 6.45) is 11.3. The number of halogens is 1. The molecule has 0 saturated carbocycles. The molecule has 0 spiro atoms. The molecule has 1 aliphatic heterocycles. The van der Waals surface area contributed by atoms with Crippen LogP contribution in [0.4, 0.5) is 5.69 Å². The summed E-state index contributed by atoms with van der Waals surface area (Å²) < 4.78 is 66.4. The van der Waals surface area contributed by atoms with Gasteiger partial charge in [0.05, 0.1) is 9.79 Å². The molecule has 0 radical (unpaired) electrons. The maximum absolute atomic E-state index is 11.8. The fraction of sp³-hybridized carbons (Fsp3) is 0.268. The Bertz CT molecular complexity index is 2590. The second-order valence-corrected chi connectivity index (χ2v) is 18.0. The lowest BCUT2D eigenvalue weighted by Gasteiger charge is -2.25. The van der Waals surface area contributed by atoms with Gasteiger partial charge in [0.25, 0.3) is 20.2 Å². The first-order valence-electron chi connectivity index (χ1n) is 16.8. The molecule has 0 bridgehead atoms. The molecule has 7 rings (SSSR count). The first-order chi connectivity index (χ1) is 23.8. The Morgan fingerprint density at radius 3 is 1.94 bits per heavy atom. The number of nitrogens with zero attached hydrogens (tertiary/aromatic N) is 1. The zero-order chi connectivity index (χ0) is 36.8. The molecule has 0 atom stereocenters. The summed E-state index contributed by atoms with van der Waals surface area (Å²) in [7, 11) is -6.58. The van der Waals surface area contributed by atoms with E-state index in [0.717, 1.165) is 90.6 Å². The first kappa shape index (κ1) is 35.4. The fourth-order valence-corrected chi connectivity index (χ4v) is 9.84. The van der Waals surface area contributed by atoms with Gasteiger partial charge in [0.15, 0.2) is 0 Å². The molecule has 0 amide bonds.